The van der Waals surface area contributed by atoms with Crippen molar-refractivity contribution in [3.63, 3.8) is 0 Å². The van der Waals surface area contributed by atoms with Gasteiger partial charge in [-0.15, -0.1) is 0 Å². The van der Waals surface area contributed by atoms with Crippen molar-refractivity contribution in [3.05, 3.63) is 46.2 Å². The van der Waals surface area contributed by atoms with Crippen molar-refractivity contribution in [1.82, 2.24) is 14.7 Å². The predicted octanol–water partition coefficient (Wildman–Crippen LogP) is 2.57. The number of ether oxygens (including phenoxy) is 2. The Kier molecular flexibility index (Phi) is 4.87. The van der Waals surface area contributed by atoms with Crippen LogP contribution in [0.2, 0.25) is 5.02 Å². The van der Waals surface area contributed by atoms with Crippen molar-refractivity contribution in [2.24, 2.45) is 13.0 Å². The highest BCUT2D eigenvalue weighted by molar-refractivity contribution is 6.31. The Hall–Kier alpha value is -2.05. The van der Waals surface area contributed by atoms with Gasteiger partial charge in [-0.05, 0) is 23.6 Å². The second kappa shape index (κ2) is 7.29. The van der Waals surface area contributed by atoms with E-state index in [2.05, 4.69) is 11.2 Å². The summed E-state index contributed by atoms with van der Waals surface area (Å²) < 4.78 is 12.7. The number of halogens is 1. The normalized spacial score (nSPS) is 18.6. The van der Waals surface area contributed by atoms with Crippen molar-refractivity contribution in [2.75, 3.05) is 19.8 Å². The maximum absolute atomic E-state index is 13.0. The van der Waals surface area contributed by atoms with Gasteiger partial charge in [0.25, 0.3) is 0 Å². The number of amides is 1. The lowest BCUT2D eigenvalue weighted by molar-refractivity contribution is -0.136. The molecule has 1 aromatic carbocycles. The van der Waals surface area contributed by atoms with E-state index in [1.165, 1.54) is 5.56 Å². The van der Waals surface area contributed by atoms with Crippen LogP contribution in [0.1, 0.15) is 23.2 Å². The van der Waals surface area contributed by atoms with Gasteiger partial charge in [0.15, 0.2) is 0 Å². The molecule has 3 heterocycles. The molecule has 7 heteroatoms. The minimum absolute atomic E-state index is 0.0877. The van der Waals surface area contributed by atoms with Crippen LogP contribution in [0.25, 0.3) is 0 Å². The number of nitrogens with zero attached hydrogens (tertiary/aromatic N) is 3. The van der Waals surface area contributed by atoms with Crippen molar-refractivity contribution >= 4 is 17.5 Å². The zero-order valence-corrected chi connectivity index (χ0v) is 15.5. The maximum Gasteiger partial charge on any atom is 0.228 e. The van der Waals surface area contributed by atoms with E-state index in [0.717, 1.165) is 30.8 Å². The molecule has 2 aliphatic rings. The first-order valence-electron chi connectivity index (χ1n) is 8.89. The molecule has 2 aliphatic heterocycles. The lowest BCUT2D eigenvalue weighted by atomic mass is 10.0. The van der Waals surface area contributed by atoms with Gasteiger partial charge in [-0.3, -0.25) is 9.48 Å². The van der Waals surface area contributed by atoms with Gasteiger partial charge in [0.1, 0.15) is 11.4 Å². The summed E-state index contributed by atoms with van der Waals surface area (Å²) in [5, 5.41) is 4.98. The largest absolute Gasteiger partial charge is 0.493 e. The molecular weight excluding hydrogens is 354 g/mol. The third kappa shape index (κ3) is 3.57. The summed E-state index contributed by atoms with van der Waals surface area (Å²) in [6.07, 6.45) is 3.44. The first-order chi connectivity index (χ1) is 12.6. The van der Waals surface area contributed by atoms with Gasteiger partial charge >= 0.3 is 0 Å². The highest BCUT2D eigenvalue weighted by Gasteiger charge is 2.29. The molecule has 0 radical (unpaired) electrons. The molecule has 0 N–H and O–H groups in total. The van der Waals surface area contributed by atoms with Gasteiger partial charge in [-0.25, -0.2) is 0 Å². The number of hydrogen-bond donors (Lipinski definition) is 0. The summed E-state index contributed by atoms with van der Waals surface area (Å²) in [6.45, 7) is 2.77. The fourth-order valence-corrected chi connectivity index (χ4v) is 3.79. The molecule has 1 atom stereocenters. The van der Waals surface area contributed by atoms with Gasteiger partial charge in [0.2, 0.25) is 5.91 Å². The molecule has 4 rings (SSSR count). The van der Waals surface area contributed by atoms with E-state index in [-0.39, 0.29) is 11.8 Å². The number of aryl methyl sites for hydroxylation is 1. The van der Waals surface area contributed by atoms with Crippen LogP contribution in [0.15, 0.2) is 24.4 Å². The Bertz CT molecular complexity index is 814. The number of carbonyl (C=O) groups is 1. The van der Waals surface area contributed by atoms with Gasteiger partial charge < -0.3 is 14.4 Å². The van der Waals surface area contributed by atoms with Crippen LogP contribution in [0, 0.1) is 5.92 Å². The molecule has 0 bridgehead atoms. The molecular formula is C19H22ClN3O3. The monoisotopic (exact) mass is 375 g/mol. The summed E-state index contributed by atoms with van der Waals surface area (Å²) in [4.78, 5) is 14.9. The third-order valence-electron chi connectivity index (χ3n) is 4.91. The van der Waals surface area contributed by atoms with E-state index in [9.17, 15) is 4.79 Å². The molecule has 1 saturated heterocycles. The fourth-order valence-electron chi connectivity index (χ4n) is 3.55. The number of rotatable bonds is 5. The number of fused-ring (bicyclic) bond motifs is 1. The average molecular weight is 376 g/mol. The zero-order valence-electron chi connectivity index (χ0n) is 14.8. The van der Waals surface area contributed by atoms with Crippen LogP contribution in [-0.2, 0) is 36.1 Å². The predicted molar refractivity (Wildman–Crippen MR) is 97.0 cm³/mol. The first kappa shape index (κ1) is 17.4. The molecule has 2 aromatic rings. The molecule has 1 aromatic heterocycles. The quantitative estimate of drug-likeness (QED) is 0.806. The Morgan fingerprint density at radius 1 is 1.38 bits per heavy atom. The molecule has 6 nitrogen and oxygen atoms in total. The van der Waals surface area contributed by atoms with E-state index in [4.69, 9.17) is 21.1 Å². The SMILES string of the molecule is Cn1cc(Cl)c(CN(Cc2ccc3c(c2)CCO3)C(=O)[C@H]2CCOC2)n1. The van der Waals surface area contributed by atoms with Crippen molar-refractivity contribution < 1.29 is 14.3 Å². The number of aromatic nitrogens is 2. The molecule has 26 heavy (non-hydrogen) atoms. The first-order valence-corrected chi connectivity index (χ1v) is 9.27. The van der Waals surface area contributed by atoms with Crippen LogP contribution in [0.3, 0.4) is 0 Å². The minimum atomic E-state index is -0.0877. The van der Waals surface area contributed by atoms with Crippen LogP contribution in [0.4, 0.5) is 0 Å². The molecule has 0 spiro atoms. The standard InChI is InChI=1S/C19H22ClN3O3/c1-22-10-16(20)17(21-22)11-23(19(24)15-4-6-25-12-15)9-13-2-3-18-14(8-13)5-7-26-18/h2-3,8,10,15H,4-7,9,11-12H2,1H3/t15-/m0/s1. The summed E-state index contributed by atoms with van der Waals surface area (Å²) in [7, 11) is 1.83. The molecule has 0 aliphatic carbocycles. The summed E-state index contributed by atoms with van der Waals surface area (Å²) in [6, 6.07) is 6.15. The van der Waals surface area contributed by atoms with Crippen molar-refractivity contribution in [1.29, 1.82) is 0 Å². The Labute approximate surface area is 157 Å². The smallest absolute Gasteiger partial charge is 0.228 e. The van der Waals surface area contributed by atoms with Gasteiger partial charge in [-0.2, -0.15) is 5.10 Å². The van der Waals surface area contributed by atoms with Crippen molar-refractivity contribution in [3.8, 4) is 5.75 Å². The van der Waals surface area contributed by atoms with Gasteiger partial charge in [-0.1, -0.05) is 23.7 Å². The minimum Gasteiger partial charge on any atom is -0.493 e. The van der Waals surface area contributed by atoms with E-state index in [0.29, 0.717) is 37.0 Å². The second-order valence-corrected chi connectivity index (χ2v) is 7.30. The van der Waals surface area contributed by atoms with Crippen LogP contribution in [0.5, 0.6) is 5.75 Å². The Morgan fingerprint density at radius 2 is 2.27 bits per heavy atom. The van der Waals surface area contributed by atoms with E-state index in [1.54, 1.807) is 10.9 Å². The lowest BCUT2D eigenvalue weighted by Gasteiger charge is -2.25. The van der Waals surface area contributed by atoms with Crippen LogP contribution < -0.4 is 4.74 Å². The number of carbonyl (C=O) groups excluding carboxylic acids is 1. The molecule has 0 unspecified atom stereocenters. The average Bonchev–Trinajstić information content (AvgIpc) is 3.35. The summed E-state index contributed by atoms with van der Waals surface area (Å²) in [5.74, 6) is 0.958. The molecule has 1 fully saturated rings. The number of benzene rings is 1. The summed E-state index contributed by atoms with van der Waals surface area (Å²) >= 11 is 6.27. The Balaban J connectivity index is 1.57. The van der Waals surface area contributed by atoms with Crippen molar-refractivity contribution in [2.45, 2.75) is 25.9 Å². The topological polar surface area (TPSA) is 56.6 Å². The molecule has 1 amide bonds. The zero-order chi connectivity index (χ0) is 18.1. The molecule has 138 valence electrons. The summed E-state index contributed by atoms with van der Waals surface area (Å²) in [5.41, 5.74) is 3.01. The van der Waals surface area contributed by atoms with E-state index in [1.807, 2.05) is 24.1 Å². The van der Waals surface area contributed by atoms with E-state index < -0.39 is 0 Å². The Morgan fingerprint density at radius 3 is 3.00 bits per heavy atom. The van der Waals surface area contributed by atoms with Crippen LogP contribution >= 0.6 is 11.6 Å². The third-order valence-corrected chi connectivity index (χ3v) is 5.23. The van der Waals surface area contributed by atoms with E-state index >= 15 is 0 Å². The fraction of sp³-hybridized carbons (Fsp3) is 0.474. The lowest BCUT2D eigenvalue weighted by Crippen LogP contribution is -2.35. The second-order valence-electron chi connectivity index (χ2n) is 6.89. The number of hydrogen-bond acceptors (Lipinski definition) is 4. The van der Waals surface area contributed by atoms with Gasteiger partial charge in [0, 0.05) is 32.8 Å². The maximum atomic E-state index is 13.0. The highest BCUT2D eigenvalue weighted by Crippen LogP contribution is 2.27. The van der Waals surface area contributed by atoms with Crippen LogP contribution in [-0.4, -0.2) is 40.4 Å². The van der Waals surface area contributed by atoms with Gasteiger partial charge in [0.05, 0.1) is 30.7 Å². The molecule has 0 saturated carbocycles. The highest BCUT2D eigenvalue weighted by atomic mass is 35.5.